The van der Waals surface area contributed by atoms with Gasteiger partial charge >= 0.3 is 5.97 Å². The number of fused-ring (bicyclic) bond motifs is 1. The van der Waals surface area contributed by atoms with Crippen LogP contribution < -0.4 is 9.64 Å². The molecule has 0 aromatic heterocycles. The van der Waals surface area contributed by atoms with E-state index in [-0.39, 0.29) is 17.1 Å². The number of carbonyl (C=O) groups excluding carboxylic acids is 3. The molecule has 6 nitrogen and oxygen atoms in total. The van der Waals surface area contributed by atoms with Crippen LogP contribution in [0.2, 0.25) is 0 Å². The molecule has 1 amide bonds. The minimum Gasteiger partial charge on any atom is -0.507 e. The van der Waals surface area contributed by atoms with E-state index in [4.69, 9.17) is 4.74 Å². The summed E-state index contributed by atoms with van der Waals surface area (Å²) in [5.41, 5.74) is 3.35. The van der Waals surface area contributed by atoms with Crippen molar-refractivity contribution in [3.8, 4) is 5.75 Å². The lowest BCUT2D eigenvalue weighted by atomic mass is 9.93. The van der Waals surface area contributed by atoms with Crippen LogP contribution in [-0.4, -0.2) is 22.8 Å². The van der Waals surface area contributed by atoms with Crippen molar-refractivity contribution in [2.75, 3.05) is 4.90 Å². The summed E-state index contributed by atoms with van der Waals surface area (Å²) < 4.78 is 5.28. The third kappa shape index (κ3) is 4.38. The Morgan fingerprint density at radius 2 is 1.54 bits per heavy atom. The number of ketones is 1. The first-order valence-electron chi connectivity index (χ1n) is 11.9. The van der Waals surface area contributed by atoms with Gasteiger partial charge < -0.3 is 9.84 Å². The number of anilines is 1. The molecule has 37 heavy (non-hydrogen) atoms. The number of rotatable bonds is 4. The standard InChI is InChI=1S/C31H25NO5/c1-18-14-19(2)16-23(15-18)32-28(22-10-6-11-24(17-22)37-20(3)33)27(30(35)31(32)36)29(34)26-13-7-9-21-8-4-5-12-25(21)26/h4-17,28,34H,1-3H3/b29-27-. The molecule has 4 aromatic rings. The van der Waals surface area contributed by atoms with Crippen molar-refractivity contribution < 1.29 is 24.2 Å². The maximum Gasteiger partial charge on any atom is 0.308 e. The zero-order valence-corrected chi connectivity index (χ0v) is 20.7. The molecule has 0 spiro atoms. The number of Topliss-reactive ketones (excluding diaryl/α,β-unsaturated/α-hetero) is 1. The summed E-state index contributed by atoms with van der Waals surface area (Å²) in [6, 6.07) is 24.4. The van der Waals surface area contributed by atoms with Gasteiger partial charge in [0.2, 0.25) is 0 Å². The van der Waals surface area contributed by atoms with Gasteiger partial charge in [-0.3, -0.25) is 19.3 Å². The lowest BCUT2D eigenvalue weighted by Gasteiger charge is -2.26. The third-order valence-electron chi connectivity index (χ3n) is 6.41. The molecule has 184 valence electrons. The van der Waals surface area contributed by atoms with Crippen molar-refractivity contribution >= 4 is 39.9 Å². The van der Waals surface area contributed by atoms with E-state index in [2.05, 4.69) is 0 Å². The first-order valence-corrected chi connectivity index (χ1v) is 11.9. The zero-order chi connectivity index (χ0) is 26.3. The molecule has 1 unspecified atom stereocenters. The Labute approximate surface area is 214 Å². The number of hydrogen-bond acceptors (Lipinski definition) is 5. The van der Waals surface area contributed by atoms with Crippen molar-refractivity contribution in [2.24, 2.45) is 0 Å². The molecule has 1 N–H and O–H groups in total. The predicted octanol–water partition coefficient (Wildman–Crippen LogP) is 6.01. The van der Waals surface area contributed by atoms with Crippen LogP contribution in [-0.2, 0) is 14.4 Å². The molecule has 1 aliphatic heterocycles. The second-order valence-corrected chi connectivity index (χ2v) is 9.21. The SMILES string of the molecule is CC(=O)Oc1cccc(C2/C(=C(/O)c3cccc4ccccc34)C(=O)C(=O)N2c2cc(C)cc(C)c2)c1. The first kappa shape index (κ1) is 24.0. The molecule has 1 atom stereocenters. The van der Waals surface area contributed by atoms with Crippen LogP contribution in [0.15, 0.2) is 90.5 Å². The Kier molecular flexibility index (Phi) is 6.09. The van der Waals surface area contributed by atoms with Gasteiger partial charge in [-0.05, 0) is 65.6 Å². The van der Waals surface area contributed by atoms with E-state index < -0.39 is 23.7 Å². The number of aryl methyl sites for hydroxylation is 2. The van der Waals surface area contributed by atoms with Gasteiger partial charge in [-0.25, -0.2) is 0 Å². The highest BCUT2D eigenvalue weighted by atomic mass is 16.5. The summed E-state index contributed by atoms with van der Waals surface area (Å²) in [6.07, 6.45) is 0. The minimum atomic E-state index is -0.935. The molecule has 6 heteroatoms. The Morgan fingerprint density at radius 3 is 2.27 bits per heavy atom. The number of benzene rings is 4. The first-order chi connectivity index (χ1) is 17.7. The van der Waals surface area contributed by atoms with Gasteiger partial charge in [-0.15, -0.1) is 0 Å². The summed E-state index contributed by atoms with van der Waals surface area (Å²) in [4.78, 5) is 40.1. The maximum absolute atomic E-state index is 13.6. The van der Waals surface area contributed by atoms with E-state index in [9.17, 15) is 19.5 Å². The fraction of sp³-hybridized carbons (Fsp3) is 0.129. The number of aliphatic hydroxyl groups is 1. The van der Waals surface area contributed by atoms with E-state index in [1.54, 1.807) is 36.4 Å². The number of aliphatic hydroxyl groups excluding tert-OH is 1. The van der Waals surface area contributed by atoms with Crippen molar-refractivity contribution in [1.82, 2.24) is 0 Å². The third-order valence-corrected chi connectivity index (χ3v) is 6.41. The summed E-state index contributed by atoms with van der Waals surface area (Å²) >= 11 is 0. The van der Waals surface area contributed by atoms with Crippen LogP contribution in [0.3, 0.4) is 0 Å². The largest absolute Gasteiger partial charge is 0.507 e. The van der Waals surface area contributed by atoms with E-state index in [0.29, 0.717) is 16.8 Å². The number of amides is 1. The van der Waals surface area contributed by atoms with Gasteiger partial charge in [0.25, 0.3) is 11.7 Å². The lowest BCUT2D eigenvalue weighted by molar-refractivity contribution is -0.132. The molecular weight excluding hydrogens is 466 g/mol. The molecule has 1 saturated heterocycles. The number of carbonyl (C=O) groups is 3. The summed E-state index contributed by atoms with van der Waals surface area (Å²) in [7, 11) is 0. The second-order valence-electron chi connectivity index (χ2n) is 9.21. The van der Waals surface area contributed by atoms with Crippen molar-refractivity contribution in [1.29, 1.82) is 0 Å². The minimum absolute atomic E-state index is 0.0273. The van der Waals surface area contributed by atoms with Gasteiger partial charge in [0.15, 0.2) is 0 Å². The van der Waals surface area contributed by atoms with Crippen LogP contribution >= 0.6 is 0 Å². The highest BCUT2D eigenvalue weighted by molar-refractivity contribution is 6.51. The van der Waals surface area contributed by atoms with E-state index >= 15 is 0 Å². The van der Waals surface area contributed by atoms with Gasteiger partial charge in [0.1, 0.15) is 11.5 Å². The summed E-state index contributed by atoms with van der Waals surface area (Å²) in [5, 5.41) is 13.3. The van der Waals surface area contributed by atoms with Crippen LogP contribution in [0.5, 0.6) is 5.75 Å². The fourth-order valence-electron chi connectivity index (χ4n) is 5.00. The topological polar surface area (TPSA) is 83.9 Å². The number of esters is 1. The number of ether oxygens (including phenoxy) is 1. The smallest absolute Gasteiger partial charge is 0.308 e. The normalized spacial score (nSPS) is 16.8. The summed E-state index contributed by atoms with van der Waals surface area (Å²) in [6.45, 7) is 5.13. The quantitative estimate of drug-likeness (QED) is 0.124. The highest BCUT2D eigenvalue weighted by Crippen LogP contribution is 2.44. The molecule has 4 aromatic carbocycles. The molecule has 1 aliphatic rings. The van der Waals surface area contributed by atoms with E-state index in [1.807, 2.05) is 62.4 Å². The van der Waals surface area contributed by atoms with E-state index in [0.717, 1.165) is 21.9 Å². The maximum atomic E-state index is 13.6. The average molecular weight is 492 g/mol. The molecule has 1 fully saturated rings. The molecule has 1 heterocycles. The summed E-state index contributed by atoms with van der Waals surface area (Å²) in [5.74, 6) is -2.00. The van der Waals surface area contributed by atoms with Gasteiger partial charge in [-0.1, -0.05) is 60.7 Å². The molecule has 0 bridgehead atoms. The monoisotopic (exact) mass is 491 g/mol. The van der Waals surface area contributed by atoms with Crippen LogP contribution in [0.1, 0.15) is 35.2 Å². The zero-order valence-electron chi connectivity index (χ0n) is 20.7. The molecular formula is C31H25NO5. The van der Waals surface area contributed by atoms with Gasteiger partial charge in [-0.2, -0.15) is 0 Å². The predicted molar refractivity (Wildman–Crippen MR) is 142 cm³/mol. The highest BCUT2D eigenvalue weighted by Gasteiger charge is 2.47. The Hall–Kier alpha value is -4.71. The Balaban J connectivity index is 1.78. The van der Waals surface area contributed by atoms with Crippen molar-refractivity contribution in [3.63, 3.8) is 0 Å². The molecule has 0 radical (unpaired) electrons. The molecule has 5 rings (SSSR count). The fourth-order valence-corrected chi connectivity index (χ4v) is 5.00. The van der Waals surface area contributed by atoms with Crippen molar-refractivity contribution in [2.45, 2.75) is 26.8 Å². The lowest BCUT2D eigenvalue weighted by Crippen LogP contribution is -2.29. The molecule has 0 saturated carbocycles. The van der Waals surface area contributed by atoms with Gasteiger partial charge in [0, 0.05) is 18.2 Å². The van der Waals surface area contributed by atoms with Gasteiger partial charge in [0.05, 0.1) is 11.6 Å². The Morgan fingerprint density at radius 1 is 0.865 bits per heavy atom. The van der Waals surface area contributed by atoms with Crippen LogP contribution in [0.4, 0.5) is 5.69 Å². The van der Waals surface area contributed by atoms with Crippen LogP contribution in [0.25, 0.3) is 16.5 Å². The van der Waals surface area contributed by atoms with E-state index in [1.165, 1.54) is 11.8 Å². The number of hydrogen-bond donors (Lipinski definition) is 1. The Bertz CT molecular complexity index is 1590. The van der Waals surface area contributed by atoms with Crippen molar-refractivity contribution in [3.05, 3.63) is 113 Å². The molecule has 0 aliphatic carbocycles. The van der Waals surface area contributed by atoms with Crippen LogP contribution in [0, 0.1) is 13.8 Å². The second kappa shape index (κ2) is 9.39. The average Bonchev–Trinajstić information content (AvgIpc) is 3.13. The number of nitrogens with zero attached hydrogens (tertiary/aromatic N) is 1.